The minimum Gasteiger partial charge on any atom is -0.501 e. The number of benzene rings is 1. The van der Waals surface area contributed by atoms with Gasteiger partial charge in [0, 0.05) is 0 Å². The molecule has 0 aliphatic heterocycles. The lowest BCUT2D eigenvalue weighted by atomic mass is 9.87. The number of hydrogen-bond donors (Lipinski definition) is 0. The van der Waals surface area contributed by atoms with Crippen molar-refractivity contribution in [2.45, 2.75) is 45.4 Å². The van der Waals surface area contributed by atoms with Gasteiger partial charge in [0.2, 0.25) is 0 Å². The van der Waals surface area contributed by atoms with Crippen molar-refractivity contribution in [3.63, 3.8) is 0 Å². The first kappa shape index (κ1) is 13.2. The fourth-order valence-corrected chi connectivity index (χ4v) is 2.66. The average molecular weight is 244 g/mol. The molecular formula is C17H24O. The second kappa shape index (κ2) is 7.25. The molecule has 1 aromatic rings. The molecule has 0 atom stereocenters. The van der Waals surface area contributed by atoms with Gasteiger partial charge in [-0.25, -0.2) is 0 Å². The van der Waals surface area contributed by atoms with Gasteiger partial charge in [-0.1, -0.05) is 62.4 Å². The van der Waals surface area contributed by atoms with Crippen LogP contribution < -0.4 is 0 Å². The Morgan fingerprint density at radius 3 is 2.61 bits per heavy atom. The molecule has 0 unspecified atom stereocenters. The number of allylic oxidation sites excluding steroid dienone is 1. The lowest BCUT2D eigenvalue weighted by molar-refractivity contribution is 0.204. The summed E-state index contributed by atoms with van der Waals surface area (Å²) in [6.45, 7) is 2.98. The summed E-state index contributed by atoms with van der Waals surface area (Å²) in [6.07, 6.45) is 10.2. The third-order valence-electron chi connectivity index (χ3n) is 3.86. The maximum absolute atomic E-state index is 5.69. The average Bonchev–Trinajstić information content (AvgIpc) is 2.45. The van der Waals surface area contributed by atoms with Crippen LogP contribution in [0, 0.1) is 5.92 Å². The van der Waals surface area contributed by atoms with Crippen molar-refractivity contribution < 1.29 is 4.74 Å². The second-order valence-electron chi connectivity index (χ2n) is 5.33. The summed E-state index contributed by atoms with van der Waals surface area (Å²) >= 11 is 0. The highest BCUT2D eigenvalue weighted by Gasteiger charge is 2.12. The Labute approximate surface area is 111 Å². The number of rotatable bonds is 5. The van der Waals surface area contributed by atoms with Crippen LogP contribution in [0.3, 0.4) is 0 Å². The maximum atomic E-state index is 5.69. The highest BCUT2D eigenvalue weighted by molar-refractivity contribution is 5.62. The molecule has 1 aromatic carbocycles. The second-order valence-corrected chi connectivity index (χ2v) is 5.33. The zero-order valence-electron chi connectivity index (χ0n) is 11.4. The van der Waals surface area contributed by atoms with Crippen molar-refractivity contribution in [1.82, 2.24) is 0 Å². The molecule has 0 radical (unpaired) electrons. The van der Waals surface area contributed by atoms with Gasteiger partial charge < -0.3 is 4.74 Å². The van der Waals surface area contributed by atoms with Crippen LogP contribution in [-0.2, 0) is 4.74 Å². The number of ether oxygens (including phenoxy) is 1. The Bertz CT molecular complexity index is 360. The third-order valence-corrected chi connectivity index (χ3v) is 3.86. The first-order valence-corrected chi connectivity index (χ1v) is 7.20. The van der Waals surface area contributed by atoms with Crippen LogP contribution in [0.1, 0.15) is 51.0 Å². The molecule has 1 aliphatic carbocycles. The molecule has 1 heteroatoms. The van der Waals surface area contributed by atoms with E-state index in [1.807, 2.05) is 12.3 Å². The normalized spacial score (nSPS) is 17.7. The van der Waals surface area contributed by atoms with E-state index in [0.29, 0.717) is 0 Å². The van der Waals surface area contributed by atoms with Crippen molar-refractivity contribution in [2.24, 2.45) is 5.92 Å². The molecule has 2 rings (SSSR count). The first-order chi connectivity index (χ1) is 8.86. The van der Waals surface area contributed by atoms with E-state index >= 15 is 0 Å². The van der Waals surface area contributed by atoms with E-state index in [2.05, 4.69) is 31.2 Å². The molecule has 1 nitrogen and oxygen atoms in total. The molecule has 0 saturated heterocycles. The van der Waals surface area contributed by atoms with Crippen molar-refractivity contribution in [3.8, 4) is 0 Å². The van der Waals surface area contributed by atoms with Gasteiger partial charge in [-0.15, -0.1) is 0 Å². The Morgan fingerprint density at radius 2 is 1.89 bits per heavy atom. The zero-order valence-corrected chi connectivity index (χ0v) is 11.4. The van der Waals surface area contributed by atoms with E-state index in [1.165, 1.54) is 49.7 Å². The van der Waals surface area contributed by atoms with Gasteiger partial charge in [0.25, 0.3) is 0 Å². The predicted octanol–water partition coefficient (Wildman–Crippen LogP) is 5.03. The molecular weight excluding hydrogens is 220 g/mol. The summed E-state index contributed by atoms with van der Waals surface area (Å²) in [5.74, 6) is 0.907. The van der Waals surface area contributed by atoms with Gasteiger partial charge in [-0.05, 0) is 30.4 Å². The minimum atomic E-state index is 0.870. The molecule has 18 heavy (non-hydrogen) atoms. The van der Waals surface area contributed by atoms with Crippen LogP contribution in [-0.4, -0.2) is 6.61 Å². The molecule has 1 saturated carbocycles. The summed E-state index contributed by atoms with van der Waals surface area (Å²) in [6, 6.07) is 10.4. The SMILES string of the molecule is CC(=COCCC1CCCCC1)c1ccccc1. The van der Waals surface area contributed by atoms with Gasteiger partial charge >= 0.3 is 0 Å². The van der Waals surface area contributed by atoms with Crippen LogP contribution >= 0.6 is 0 Å². The summed E-state index contributed by atoms with van der Waals surface area (Å²) in [5.41, 5.74) is 2.45. The number of hydrogen-bond acceptors (Lipinski definition) is 1. The van der Waals surface area contributed by atoms with Crippen LogP contribution in [0.25, 0.3) is 5.57 Å². The summed E-state index contributed by atoms with van der Waals surface area (Å²) < 4.78 is 5.69. The van der Waals surface area contributed by atoms with E-state index < -0.39 is 0 Å². The van der Waals surface area contributed by atoms with Crippen molar-refractivity contribution in [1.29, 1.82) is 0 Å². The molecule has 98 valence electrons. The van der Waals surface area contributed by atoms with E-state index in [9.17, 15) is 0 Å². The van der Waals surface area contributed by atoms with E-state index in [-0.39, 0.29) is 0 Å². The smallest absolute Gasteiger partial charge is 0.0876 e. The Morgan fingerprint density at radius 1 is 1.17 bits per heavy atom. The fraction of sp³-hybridized carbons (Fsp3) is 0.529. The highest BCUT2D eigenvalue weighted by atomic mass is 16.5. The first-order valence-electron chi connectivity index (χ1n) is 7.20. The molecule has 0 spiro atoms. The monoisotopic (exact) mass is 244 g/mol. The van der Waals surface area contributed by atoms with E-state index in [0.717, 1.165) is 12.5 Å². The molecule has 0 heterocycles. The molecule has 1 fully saturated rings. The van der Waals surface area contributed by atoms with Crippen LogP contribution in [0.2, 0.25) is 0 Å². The van der Waals surface area contributed by atoms with Crippen molar-refractivity contribution in [3.05, 3.63) is 42.2 Å². The predicted molar refractivity (Wildman–Crippen MR) is 77.2 cm³/mol. The van der Waals surface area contributed by atoms with Gasteiger partial charge in [0.05, 0.1) is 12.9 Å². The largest absolute Gasteiger partial charge is 0.501 e. The standard InChI is InChI=1S/C17H24O/c1-15(17-10-6-3-7-11-17)14-18-13-12-16-8-4-2-5-9-16/h3,6-7,10-11,14,16H,2,4-5,8-9,12-13H2,1H3. The van der Waals surface area contributed by atoms with Crippen LogP contribution in [0.15, 0.2) is 36.6 Å². The van der Waals surface area contributed by atoms with E-state index in [1.54, 1.807) is 0 Å². The topological polar surface area (TPSA) is 9.23 Å². The Kier molecular flexibility index (Phi) is 5.32. The van der Waals surface area contributed by atoms with E-state index in [4.69, 9.17) is 4.74 Å². The fourth-order valence-electron chi connectivity index (χ4n) is 2.66. The highest BCUT2D eigenvalue weighted by Crippen LogP contribution is 2.26. The summed E-state index contributed by atoms with van der Waals surface area (Å²) in [4.78, 5) is 0. The Hall–Kier alpha value is -1.24. The van der Waals surface area contributed by atoms with Crippen molar-refractivity contribution >= 4 is 5.57 Å². The Balaban J connectivity index is 1.70. The molecule has 0 aromatic heterocycles. The zero-order chi connectivity index (χ0) is 12.6. The van der Waals surface area contributed by atoms with Gasteiger partial charge in [-0.2, -0.15) is 0 Å². The third kappa shape index (κ3) is 4.21. The van der Waals surface area contributed by atoms with Gasteiger partial charge in [0.15, 0.2) is 0 Å². The minimum absolute atomic E-state index is 0.870. The van der Waals surface area contributed by atoms with Crippen LogP contribution in [0.5, 0.6) is 0 Å². The summed E-state index contributed by atoms with van der Waals surface area (Å²) in [5, 5.41) is 0. The molecule has 0 N–H and O–H groups in total. The van der Waals surface area contributed by atoms with Crippen molar-refractivity contribution in [2.75, 3.05) is 6.61 Å². The molecule has 1 aliphatic rings. The van der Waals surface area contributed by atoms with Gasteiger partial charge in [0.1, 0.15) is 0 Å². The quantitative estimate of drug-likeness (QED) is 0.521. The lowest BCUT2D eigenvalue weighted by Crippen LogP contribution is -2.08. The van der Waals surface area contributed by atoms with Crippen LogP contribution in [0.4, 0.5) is 0 Å². The van der Waals surface area contributed by atoms with Gasteiger partial charge in [-0.3, -0.25) is 0 Å². The maximum Gasteiger partial charge on any atom is 0.0876 e. The summed E-state index contributed by atoms with van der Waals surface area (Å²) in [7, 11) is 0. The molecule has 0 bridgehead atoms. The lowest BCUT2D eigenvalue weighted by Gasteiger charge is -2.20. The molecule has 0 amide bonds.